The molecule has 2 aromatic carbocycles. The van der Waals surface area contributed by atoms with Crippen LogP contribution in [0, 0.1) is 0 Å². The second-order valence-corrected chi connectivity index (χ2v) is 6.66. The van der Waals surface area contributed by atoms with Crippen molar-refractivity contribution in [2.75, 3.05) is 20.7 Å². The molecule has 0 bridgehead atoms. The fourth-order valence-corrected chi connectivity index (χ4v) is 2.29. The molecule has 2 rings (SSSR count). The van der Waals surface area contributed by atoms with Gasteiger partial charge in [-0.15, -0.1) is 0 Å². The highest BCUT2D eigenvalue weighted by Crippen LogP contribution is 2.12. The first-order valence-electron chi connectivity index (χ1n) is 8.78. The van der Waals surface area contributed by atoms with Crippen LogP contribution in [0.4, 0.5) is 0 Å². The minimum Gasteiger partial charge on any atom is -0.489 e. The molecule has 0 spiro atoms. The van der Waals surface area contributed by atoms with Gasteiger partial charge in [-0.3, -0.25) is 4.99 Å². The standard InChI is InChI=1S/C21H29N3O2/c1-21(2,25-4)16-24-20(22-3)23-14-17-9-8-10-18(13-17)15-26-19-11-6-5-7-12-19/h5-13H,14-16H2,1-4H3,(H2,22,23,24). The quantitative estimate of drug-likeness (QED) is 0.563. The zero-order valence-electron chi connectivity index (χ0n) is 16.1. The summed E-state index contributed by atoms with van der Waals surface area (Å²) in [5, 5.41) is 6.61. The SMILES string of the molecule is CN=C(NCc1cccc(COc2ccccc2)c1)NCC(C)(C)OC. The number of rotatable bonds is 8. The Hall–Kier alpha value is -2.53. The number of hydrogen-bond acceptors (Lipinski definition) is 3. The molecule has 2 N–H and O–H groups in total. The van der Waals surface area contributed by atoms with Gasteiger partial charge in [-0.05, 0) is 37.1 Å². The molecule has 0 saturated carbocycles. The third-order valence-corrected chi connectivity index (χ3v) is 4.06. The van der Waals surface area contributed by atoms with Gasteiger partial charge in [0.05, 0.1) is 5.60 Å². The average Bonchev–Trinajstić information content (AvgIpc) is 2.67. The zero-order valence-corrected chi connectivity index (χ0v) is 16.1. The Balaban J connectivity index is 1.85. The fraction of sp³-hybridized carbons (Fsp3) is 0.381. The third-order valence-electron chi connectivity index (χ3n) is 4.06. The Labute approximate surface area is 156 Å². The number of aliphatic imine (C=N–C) groups is 1. The van der Waals surface area contributed by atoms with E-state index in [1.165, 1.54) is 5.56 Å². The summed E-state index contributed by atoms with van der Waals surface area (Å²) in [4.78, 5) is 4.25. The maximum atomic E-state index is 5.81. The smallest absolute Gasteiger partial charge is 0.191 e. The van der Waals surface area contributed by atoms with Crippen molar-refractivity contribution in [1.29, 1.82) is 0 Å². The van der Waals surface area contributed by atoms with E-state index in [2.05, 4.69) is 33.8 Å². The van der Waals surface area contributed by atoms with Gasteiger partial charge >= 0.3 is 0 Å². The number of hydrogen-bond donors (Lipinski definition) is 2. The molecule has 5 nitrogen and oxygen atoms in total. The van der Waals surface area contributed by atoms with Crippen LogP contribution in [-0.4, -0.2) is 32.3 Å². The van der Waals surface area contributed by atoms with Crippen molar-refractivity contribution in [2.45, 2.75) is 32.6 Å². The molecule has 140 valence electrons. The minimum atomic E-state index is -0.244. The molecule has 0 atom stereocenters. The van der Waals surface area contributed by atoms with Crippen LogP contribution in [0.15, 0.2) is 59.6 Å². The maximum absolute atomic E-state index is 5.81. The van der Waals surface area contributed by atoms with Crippen LogP contribution >= 0.6 is 0 Å². The van der Waals surface area contributed by atoms with Crippen LogP contribution < -0.4 is 15.4 Å². The number of guanidine groups is 1. The molecule has 0 fully saturated rings. The van der Waals surface area contributed by atoms with Crippen LogP contribution in [0.25, 0.3) is 0 Å². The molecule has 2 aromatic rings. The van der Waals surface area contributed by atoms with E-state index in [9.17, 15) is 0 Å². The molecule has 0 aliphatic rings. The summed E-state index contributed by atoms with van der Waals surface area (Å²) < 4.78 is 11.2. The summed E-state index contributed by atoms with van der Waals surface area (Å²) in [6, 6.07) is 18.2. The number of ether oxygens (including phenoxy) is 2. The lowest BCUT2D eigenvalue weighted by Gasteiger charge is -2.24. The first-order chi connectivity index (χ1) is 12.5. The highest BCUT2D eigenvalue weighted by atomic mass is 16.5. The average molecular weight is 355 g/mol. The van der Waals surface area contributed by atoms with Crippen LogP contribution in [0.3, 0.4) is 0 Å². The topological polar surface area (TPSA) is 54.9 Å². The van der Waals surface area contributed by atoms with Crippen LogP contribution in [0.5, 0.6) is 5.75 Å². The van der Waals surface area contributed by atoms with E-state index < -0.39 is 0 Å². The Kier molecular flexibility index (Phi) is 7.48. The van der Waals surface area contributed by atoms with E-state index in [1.807, 2.05) is 50.2 Å². The van der Waals surface area contributed by atoms with Gasteiger partial charge in [0.15, 0.2) is 5.96 Å². The summed E-state index contributed by atoms with van der Waals surface area (Å²) in [6.07, 6.45) is 0. The van der Waals surface area contributed by atoms with Crippen molar-refractivity contribution in [3.8, 4) is 5.75 Å². The van der Waals surface area contributed by atoms with Gasteiger partial charge in [-0.1, -0.05) is 42.5 Å². The molecule has 26 heavy (non-hydrogen) atoms. The summed E-state index contributed by atoms with van der Waals surface area (Å²) in [7, 11) is 3.47. The zero-order chi connectivity index (χ0) is 18.8. The predicted octanol–water partition coefficient (Wildman–Crippen LogP) is 3.36. The van der Waals surface area contributed by atoms with Crippen molar-refractivity contribution in [3.05, 3.63) is 65.7 Å². The Morgan fingerprint density at radius 1 is 1.00 bits per heavy atom. The second-order valence-electron chi connectivity index (χ2n) is 6.66. The van der Waals surface area contributed by atoms with Gasteiger partial charge in [0.1, 0.15) is 12.4 Å². The Morgan fingerprint density at radius 2 is 1.73 bits per heavy atom. The lowest BCUT2D eigenvalue weighted by atomic mass is 10.1. The Bertz CT molecular complexity index is 699. The molecule has 0 aromatic heterocycles. The molecular weight excluding hydrogens is 326 g/mol. The molecule has 0 amide bonds. The number of methoxy groups -OCH3 is 1. The number of benzene rings is 2. The van der Waals surface area contributed by atoms with E-state index in [-0.39, 0.29) is 5.60 Å². The molecule has 0 aliphatic carbocycles. The van der Waals surface area contributed by atoms with E-state index in [0.29, 0.717) is 19.7 Å². The highest BCUT2D eigenvalue weighted by molar-refractivity contribution is 5.79. The van der Waals surface area contributed by atoms with Crippen molar-refractivity contribution in [3.63, 3.8) is 0 Å². The van der Waals surface area contributed by atoms with E-state index in [4.69, 9.17) is 9.47 Å². The van der Waals surface area contributed by atoms with Crippen LogP contribution in [0.1, 0.15) is 25.0 Å². The van der Waals surface area contributed by atoms with Crippen molar-refractivity contribution in [2.24, 2.45) is 4.99 Å². The molecule has 0 saturated heterocycles. The summed E-state index contributed by atoms with van der Waals surface area (Å²) in [5.41, 5.74) is 2.07. The largest absolute Gasteiger partial charge is 0.489 e. The van der Waals surface area contributed by atoms with Crippen LogP contribution in [-0.2, 0) is 17.9 Å². The first kappa shape index (κ1) is 19.8. The lowest BCUT2D eigenvalue weighted by molar-refractivity contribution is 0.0268. The van der Waals surface area contributed by atoms with Crippen molar-refractivity contribution >= 4 is 5.96 Å². The van der Waals surface area contributed by atoms with Gasteiger partial charge < -0.3 is 20.1 Å². The van der Waals surface area contributed by atoms with E-state index in [0.717, 1.165) is 17.3 Å². The van der Waals surface area contributed by atoms with Crippen molar-refractivity contribution in [1.82, 2.24) is 10.6 Å². The fourth-order valence-electron chi connectivity index (χ4n) is 2.29. The molecule has 0 radical (unpaired) electrons. The predicted molar refractivity (Wildman–Crippen MR) is 107 cm³/mol. The monoisotopic (exact) mass is 355 g/mol. The molecule has 0 heterocycles. The number of para-hydroxylation sites is 1. The molecule has 0 aliphatic heterocycles. The minimum absolute atomic E-state index is 0.244. The summed E-state index contributed by atoms with van der Waals surface area (Å²) in [6.45, 7) is 5.97. The second kappa shape index (κ2) is 9.82. The van der Waals surface area contributed by atoms with Crippen LogP contribution in [0.2, 0.25) is 0 Å². The van der Waals surface area contributed by atoms with Gasteiger partial charge in [0.25, 0.3) is 0 Å². The van der Waals surface area contributed by atoms with Gasteiger partial charge in [-0.2, -0.15) is 0 Å². The lowest BCUT2D eigenvalue weighted by Crippen LogP contribution is -2.45. The van der Waals surface area contributed by atoms with Gasteiger partial charge in [0, 0.05) is 27.2 Å². The van der Waals surface area contributed by atoms with Gasteiger partial charge in [-0.25, -0.2) is 0 Å². The maximum Gasteiger partial charge on any atom is 0.191 e. The molecule has 5 heteroatoms. The third kappa shape index (κ3) is 6.76. The van der Waals surface area contributed by atoms with Gasteiger partial charge in [0.2, 0.25) is 0 Å². The highest BCUT2D eigenvalue weighted by Gasteiger charge is 2.16. The molecular formula is C21H29N3O2. The first-order valence-corrected chi connectivity index (χ1v) is 8.78. The number of nitrogens with zero attached hydrogens (tertiary/aromatic N) is 1. The van der Waals surface area contributed by atoms with E-state index in [1.54, 1.807) is 14.2 Å². The summed E-state index contributed by atoms with van der Waals surface area (Å²) in [5.74, 6) is 1.63. The normalized spacial score (nSPS) is 11.9. The Morgan fingerprint density at radius 3 is 2.42 bits per heavy atom. The van der Waals surface area contributed by atoms with Crippen molar-refractivity contribution < 1.29 is 9.47 Å². The van der Waals surface area contributed by atoms with E-state index >= 15 is 0 Å². The number of nitrogens with one attached hydrogen (secondary N) is 2. The summed E-state index contributed by atoms with van der Waals surface area (Å²) >= 11 is 0. The molecule has 0 unspecified atom stereocenters.